The highest BCUT2D eigenvalue weighted by molar-refractivity contribution is 8.33. The largest absolute Gasteiger partial charge is 0.378 e. The standard InChI is InChI=1S/C36H30O6S3/c1-27-19-23-31(24-20-27)43(29-11-5-3-6-12-29,30-13-7-4-8-14-30)42-45(39,40)36-18-10-15-33-34(36)16-9-17-35(33)41-44(37,38)32-25-21-28(2)22-26-32/h3-26H,1-2H3. The summed E-state index contributed by atoms with van der Waals surface area (Å²) in [6.45, 7) is 3.83. The molecule has 0 aliphatic carbocycles. The lowest BCUT2D eigenvalue weighted by molar-refractivity contribution is 0.488. The van der Waals surface area contributed by atoms with Crippen LogP contribution in [0.2, 0.25) is 0 Å². The molecule has 0 amide bonds. The Bertz CT molecular complexity index is 2140. The van der Waals surface area contributed by atoms with Crippen LogP contribution in [0.15, 0.2) is 170 Å². The quantitative estimate of drug-likeness (QED) is 0.145. The van der Waals surface area contributed by atoms with Crippen LogP contribution in [0.1, 0.15) is 11.1 Å². The number of fused-ring (bicyclic) bond motifs is 1. The zero-order valence-corrected chi connectivity index (χ0v) is 27.0. The second-order valence-corrected chi connectivity index (χ2v) is 16.4. The third-order valence-electron chi connectivity index (χ3n) is 7.32. The lowest BCUT2D eigenvalue weighted by Gasteiger charge is -2.39. The van der Waals surface area contributed by atoms with Gasteiger partial charge in [0.15, 0.2) is 5.75 Å². The molecule has 0 aliphatic heterocycles. The lowest BCUT2D eigenvalue weighted by atomic mass is 10.1. The zero-order valence-electron chi connectivity index (χ0n) is 24.5. The van der Waals surface area contributed by atoms with Crippen molar-refractivity contribution in [3.05, 3.63) is 157 Å². The summed E-state index contributed by atoms with van der Waals surface area (Å²) < 4.78 is 67.5. The predicted octanol–water partition coefficient (Wildman–Crippen LogP) is 8.83. The monoisotopic (exact) mass is 654 g/mol. The third-order valence-corrected chi connectivity index (χ3v) is 13.8. The Morgan fingerprint density at radius 1 is 0.422 bits per heavy atom. The summed E-state index contributed by atoms with van der Waals surface area (Å²) in [5.74, 6) is 0.00777. The molecule has 0 saturated carbocycles. The number of aryl methyl sites for hydroxylation is 2. The van der Waals surface area contributed by atoms with Crippen LogP contribution in [0, 0.1) is 13.8 Å². The average molecular weight is 655 g/mol. The summed E-state index contributed by atoms with van der Waals surface area (Å²) in [5.41, 5.74) is 1.93. The van der Waals surface area contributed by atoms with Crippen LogP contribution in [0.5, 0.6) is 5.75 Å². The first kappa shape index (κ1) is 30.6. The van der Waals surface area contributed by atoms with Gasteiger partial charge in [-0.1, -0.05) is 96.1 Å². The fourth-order valence-electron chi connectivity index (χ4n) is 5.07. The predicted molar refractivity (Wildman–Crippen MR) is 178 cm³/mol. The van der Waals surface area contributed by atoms with E-state index >= 15 is 0 Å². The van der Waals surface area contributed by atoms with E-state index in [0.29, 0.717) is 20.1 Å². The molecule has 6 aromatic carbocycles. The van der Waals surface area contributed by atoms with Crippen molar-refractivity contribution in [3.63, 3.8) is 0 Å². The Kier molecular flexibility index (Phi) is 8.28. The van der Waals surface area contributed by atoms with Gasteiger partial charge in [-0.15, -0.1) is 0 Å². The molecule has 9 heteroatoms. The minimum atomic E-state index is -4.48. The molecule has 0 aromatic heterocycles. The molecule has 0 atom stereocenters. The topological polar surface area (TPSA) is 86.7 Å². The van der Waals surface area contributed by atoms with E-state index in [2.05, 4.69) is 0 Å². The van der Waals surface area contributed by atoms with Gasteiger partial charge in [-0.3, -0.25) is 0 Å². The molecule has 0 spiro atoms. The fourth-order valence-corrected chi connectivity index (χ4v) is 11.4. The van der Waals surface area contributed by atoms with Gasteiger partial charge in [0.05, 0.1) is 0 Å². The van der Waals surface area contributed by atoms with Crippen molar-refractivity contribution in [3.8, 4) is 5.75 Å². The van der Waals surface area contributed by atoms with Gasteiger partial charge in [0, 0.05) is 25.5 Å². The Hall–Kier alpha value is -4.41. The molecule has 0 aliphatic rings. The van der Waals surface area contributed by atoms with Crippen LogP contribution in [-0.2, 0) is 23.9 Å². The SMILES string of the molecule is Cc1ccc(S(OS(=O)(=O)c2cccc3c(OS(=O)(=O)c4ccc(C)cc4)cccc23)(c2ccccc2)c2ccccc2)cc1. The zero-order chi connectivity index (χ0) is 31.7. The molecule has 45 heavy (non-hydrogen) atoms. The maximum atomic E-state index is 14.5. The molecule has 6 nitrogen and oxygen atoms in total. The minimum absolute atomic E-state index is 0.00517. The summed E-state index contributed by atoms with van der Waals surface area (Å²) in [4.78, 5) is 2.01. The van der Waals surface area contributed by atoms with Gasteiger partial charge in [0.1, 0.15) is 9.79 Å². The van der Waals surface area contributed by atoms with Crippen LogP contribution in [0.3, 0.4) is 0 Å². The molecule has 0 saturated heterocycles. The van der Waals surface area contributed by atoms with Gasteiger partial charge in [0.2, 0.25) is 0 Å². The van der Waals surface area contributed by atoms with Crippen LogP contribution < -0.4 is 4.18 Å². The first-order valence-corrected chi connectivity index (χ1v) is 18.5. The fraction of sp³-hybridized carbons (Fsp3) is 0.0556. The second kappa shape index (κ2) is 12.2. The molecule has 0 fully saturated rings. The maximum absolute atomic E-state index is 14.5. The van der Waals surface area contributed by atoms with Gasteiger partial charge in [-0.05, 0) is 84.8 Å². The second-order valence-electron chi connectivity index (χ2n) is 10.5. The van der Waals surface area contributed by atoms with Gasteiger partial charge in [-0.2, -0.15) is 16.8 Å². The van der Waals surface area contributed by atoms with Crippen LogP contribution in [0.25, 0.3) is 10.8 Å². The van der Waals surface area contributed by atoms with Gasteiger partial charge >= 0.3 is 20.2 Å². The summed E-state index contributed by atoms with van der Waals surface area (Å²) in [5, 5.41) is 0.584. The van der Waals surface area contributed by atoms with Crippen LogP contribution in [0.4, 0.5) is 0 Å². The molecule has 0 bridgehead atoms. The van der Waals surface area contributed by atoms with Gasteiger partial charge < -0.3 is 4.18 Å². The van der Waals surface area contributed by atoms with Crippen LogP contribution in [-0.4, -0.2) is 16.8 Å². The minimum Gasteiger partial charge on any atom is -0.378 e. The molecule has 0 N–H and O–H groups in total. The Balaban J connectivity index is 1.51. The van der Waals surface area contributed by atoms with E-state index in [0.717, 1.165) is 11.1 Å². The summed E-state index contributed by atoms with van der Waals surface area (Å²) >= 11 is 0. The molecule has 0 heterocycles. The van der Waals surface area contributed by atoms with E-state index < -0.39 is 30.5 Å². The van der Waals surface area contributed by atoms with Crippen molar-refractivity contribution in [2.24, 2.45) is 0 Å². The first-order valence-electron chi connectivity index (χ1n) is 14.1. The first-order chi connectivity index (χ1) is 21.6. The van der Waals surface area contributed by atoms with Crippen molar-refractivity contribution in [1.82, 2.24) is 0 Å². The van der Waals surface area contributed by atoms with Crippen molar-refractivity contribution >= 4 is 41.3 Å². The molecular weight excluding hydrogens is 625 g/mol. The molecule has 6 aromatic rings. The Labute approximate surface area is 265 Å². The van der Waals surface area contributed by atoms with E-state index in [-0.39, 0.29) is 20.9 Å². The van der Waals surface area contributed by atoms with E-state index in [1.165, 1.54) is 24.3 Å². The summed E-state index contributed by atoms with van der Waals surface area (Å²) in [6.07, 6.45) is 0. The van der Waals surface area contributed by atoms with Crippen molar-refractivity contribution in [1.29, 1.82) is 0 Å². The summed E-state index contributed by atoms with van der Waals surface area (Å²) in [7, 11) is -11.5. The van der Waals surface area contributed by atoms with E-state index in [4.69, 9.17) is 7.81 Å². The van der Waals surface area contributed by atoms with Gasteiger partial charge in [-0.25, -0.2) is 3.63 Å². The lowest BCUT2D eigenvalue weighted by Crippen LogP contribution is -2.15. The van der Waals surface area contributed by atoms with E-state index in [9.17, 15) is 16.8 Å². The van der Waals surface area contributed by atoms with E-state index in [1.807, 2.05) is 98.8 Å². The van der Waals surface area contributed by atoms with Crippen molar-refractivity contribution in [2.45, 2.75) is 38.3 Å². The summed E-state index contributed by atoms with van der Waals surface area (Å²) in [6, 6.07) is 42.0. The molecule has 0 unspecified atom stereocenters. The molecule has 6 rings (SSSR count). The highest BCUT2D eigenvalue weighted by Crippen LogP contribution is 2.70. The number of rotatable bonds is 9. The Morgan fingerprint density at radius 3 is 1.44 bits per heavy atom. The van der Waals surface area contributed by atoms with E-state index in [1.54, 1.807) is 36.4 Å². The third kappa shape index (κ3) is 6.00. The smallest absolute Gasteiger partial charge is 0.339 e. The molecular formula is C36H30O6S3. The molecule has 228 valence electrons. The number of benzene rings is 6. The number of hydrogen-bond donors (Lipinski definition) is 0. The number of hydrogen-bond acceptors (Lipinski definition) is 6. The average Bonchev–Trinajstić information content (AvgIpc) is 3.05. The highest BCUT2D eigenvalue weighted by atomic mass is 32.3. The van der Waals surface area contributed by atoms with Gasteiger partial charge in [0.25, 0.3) is 0 Å². The molecule has 0 radical (unpaired) electrons. The highest BCUT2D eigenvalue weighted by Gasteiger charge is 2.39. The maximum Gasteiger partial charge on any atom is 0.339 e. The van der Waals surface area contributed by atoms with Crippen molar-refractivity contribution < 1.29 is 24.6 Å². The van der Waals surface area contributed by atoms with Crippen molar-refractivity contribution in [2.75, 3.05) is 0 Å². The Morgan fingerprint density at radius 2 is 0.889 bits per heavy atom. The van der Waals surface area contributed by atoms with Crippen LogP contribution >= 0.6 is 10.3 Å². The normalized spacial score (nSPS) is 12.6.